The van der Waals surface area contributed by atoms with Crippen LogP contribution in [0.5, 0.6) is 5.75 Å². The van der Waals surface area contributed by atoms with E-state index in [2.05, 4.69) is 11.5 Å². The van der Waals surface area contributed by atoms with Crippen molar-refractivity contribution in [2.24, 2.45) is 5.92 Å². The van der Waals surface area contributed by atoms with Crippen molar-refractivity contribution in [3.05, 3.63) is 41.4 Å². The molecule has 2 rings (SSSR count). The Bertz CT molecular complexity index is 484. The number of carboxylic acids is 1. The standard InChI is InChI=1S/C14H16ClNO3/c1-2-5-19-13-4-3-10(6-12(13)15)7-16-8-11(9-16)14(17)18/h2-4,6,11H,1,5,7-9H2,(H,17,18). The topological polar surface area (TPSA) is 49.8 Å². The zero-order valence-corrected chi connectivity index (χ0v) is 11.3. The number of hydrogen-bond donors (Lipinski definition) is 1. The van der Waals surface area contributed by atoms with Crippen LogP contribution in [0.15, 0.2) is 30.9 Å². The average molecular weight is 282 g/mol. The maximum absolute atomic E-state index is 10.7. The summed E-state index contributed by atoms with van der Waals surface area (Å²) in [4.78, 5) is 12.8. The molecule has 1 saturated heterocycles. The number of halogens is 1. The molecule has 5 heteroatoms. The van der Waals surface area contributed by atoms with Crippen LogP contribution in [-0.2, 0) is 11.3 Å². The van der Waals surface area contributed by atoms with Gasteiger partial charge in [0.05, 0.1) is 10.9 Å². The molecule has 102 valence electrons. The Kier molecular flexibility index (Phi) is 4.45. The van der Waals surface area contributed by atoms with Gasteiger partial charge in [-0.3, -0.25) is 9.69 Å². The summed E-state index contributed by atoms with van der Waals surface area (Å²) in [6.45, 7) is 5.91. The van der Waals surface area contributed by atoms with Gasteiger partial charge in [-0.2, -0.15) is 0 Å². The fourth-order valence-corrected chi connectivity index (χ4v) is 2.28. The Morgan fingerprint density at radius 3 is 2.89 bits per heavy atom. The predicted molar refractivity (Wildman–Crippen MR) is 73.5 cm³/mol. The Hall–Kier alpha value is -1.52. The molecule has 1 aliphatic rings. The third-order valence-electron chi connectivity index (χ3n) is 3.07. The number of benzene rings is 1. The monoisotopic (exact) mass is 281 g/mol. The molecule has 0 amide bonds. The van der Waals surface area contributed by atoms with E-state index in [4.69, 9.17) is 21.4 Å². The van der Waals surface area contributed by atoms with E-state index in [9.17, 15) is 4.79 Å². The van der Waals surface area contributed by atoms with Gasteiger partial charge in [-0.25, -0.2) is 0 Å². The van der Waals surface area contributed by atoms with Gasteiger partial charge in [-0.1, -0.05) is 30.3 Å². The van der Waals surface area contributed by atoms with E-state index < -0.39 is 5.97 Å². The lowest BCUT2D eigenvalue weighted by atomic mass is 9.99. The van der Waals surface area contributed by atoms with Crippen molar-refractivity contribution in [1.82, 2.24) is 4.90 Å². The highest BCUT2D eigenvalue weighted by Gasteiger charge is 2.32. The minimum absolute atomic E-state index is 0.231. The lowest BCUT2D eigenvalue weighted by Gasteiger charge is -2.36. The summed E-state index contributed by atoms with van der Waals surface area (Å²) in [7, 11) is 0. The minimum Gasteiger partial charge on any atom is -0.488 e. The maximum atomic E-state index is 10.7. The molecule has 0 saturated carbocycles. The summed E-state index contributed by atoms with van der Waals surface area (Å²) in [6, 6.07) is 5.63. The Labute approximate surface area is 117 Å². The van der Waals surface area contributed by atoms with Crippen molar-refractivity contribution in [3.8, 4) is 5.75 Å². The summed E-state index contributed by atoms with van der Waals surface area (Å²) >= 11 is 6.12. The number of rotatable bonds is 6. The number of nitrogens with zero attached hydrogens (tertiary/aromatic N) is 1. The van der Waals surface area contributed by atoms with Gasteiger partial charge in [0.1, 0.15) is 12.4 Å². The zero-order valence-electron chi connectivity index (χ0n) is 10.5. The van der Waals surface area contributed by atoms with E-state index >= 15 is 0 Å². The number of carboxylic acid groups (broad SMARTS) is 1. The molecule has 0 spiro atoms. The summed E-state index contributed by atoms with van der Waals surface area (Å²) in [5, 5.41) is 9.37. The molecule has 0 radical (unpaired) electrons. The maximum Gasteiger partial charge on any atom is 0.309 e. The van der Waals surface area contributed by atoms with Gasteiger partial charge in [0.2, 0.25) is 0 Å². The Morgan fingerprint density at radius 1 is 1.58 bits per heavy atom. The summed E-state index contributed by atoms with van der Waals surface area (Å²) in [5.41, 5.74) is 1.06. The second kappa shape index (κ2) is 6.08. The van der Waals surface area contributed by atoms with Crippen molar-refractivity contribution < 1.29 is 14.6 Å². The van der Waals surface area contributed by atoms with Crippen LogP contribution in [0.2, 0.25) is 5.02 Å². The van der Waals surface area contributed by atoms with Gasteiger partial charge in [0.15, 0.2) is 0 Å². The number of likely N-dealkylation sites (tertiary alicyclic amines) is 1. The molecule has 0 atom stereocenters. The zero-order chi connectivity index (χ0) is 13.8. The van der Waals surface area contributed by atoms with Crippen molar-refractivity contribution >= 4 is 17.6 Å². The number of aliphatic carboxylic acids is 1. The quantitative estimate of drug-likeness (QED) is 0.814. The molecule has 4 nitrogen and oxygen atoms in total. The first-order valence-electron chi connectivity index (χ1n) is 6.07. The summed E-state index contributed by atoms with van der Waals surface area (Å²) in [6.07, 6.45) is 1.66. The van der Waals surface area contributed by atoms with Crippen LogP contribution in [0.25, 0.3) is 0 Å². The normalized spacial score (nSPS) is 15.8. The van der Waals surface area contributed by atoms with Gasteiger partial charge in [-0.05, 0) is 17.7 Å². The van der Waals surface area contributed by atoms with E-state index in [1.54, 1.807) is 6.08 Å². The second-order valence-corrected chi connectivity index (χ2v) is 5.00. The first-order chi connectivity index (χ1) is 9.10. The molecule has 19 heavy (non-hydrogen) atoms. The molecule has 0 aliphatic carbocycles. The average Bonchev–Trinajstić information content (AvgIpc) is 2.31. The SMILES string of the molecule is C=CCOc1ccc(CN2CC(C(=O)O)C2)cc1Cl. The minimum atomic E-state index is -0.720. The van der Waals surface area contributed by atoms with Crippen molar-refractivity contribution in [1.29, 1.82) is 0 Å². The molecule has 1 fully saturated rings. The fourth-order valence-electron chi connectivity index (χ4n) is 2.02. The predicted octanol–water partition coefficient (Wildman–Crippen LogP) is 2.42. The molecule has 0 aromatic heterocycles. The molecule has 1 aromatic carbocycles. The summed E-state index contributed by atoms with van der Waals surface area (Å²) in [5.74, 6) is -0.314. The lowest BCUT2D eigenvalue weighted by Crippen LogP contribution is -2.49. The van der Waals surface area contributed by atoms with E-state index in [0.29, 0.717) is 37.0 Å². The van der Waals surface area contributed by atoms with Gasteiger partial charge in [0.25, 0.3) is 0 Å². The van der Waals surface area contributed by atoms with Crippen LogP contribution in [-0.4, -0.2) is 35.7 Å². The van der Waals surface area contributed by atoms with Gasteiger partial charge in [-0.15, -0.1) is 0 Å². The third-order valence-corrected chi connectivity index (χ3v) is 3.36. The van der Waals surface area contributed by atoms with Crippen LogP contribution in [0.3, 0.4) is 0 Å². The van der Waals surface area contributed by atoms with E-state index in [1.165, 1.54) is 0 Å². The van der Waals surface area contributed by atoms with Crippen molar-refractivity contribution in [3.63, 3.8) is 0 Å². The van der Waals surface area contributed by atoms with E-state index in [0.717, 1.165) is 5.56 Å². The molecular weight excluding hydrogens is 266 g/mol. The highest BCUT2D eigenvalue weighted by atomic mass is 35.5. The first kappa shape index (κ1) is 13.9. The molecule has 1 aromatic rings. The van der Waals surface area contributed by atoms with Crippen LogP contribution in [0, 0.1) is 5.92 Å². The van der Waals surface area contributed by atoms with Crippen LogP contribution >= 0.6 is 11.6 Å². The van der Waals surface area contributed by atoms with Crippen molar-refractivity contribution in [2.45, 2.75) is 6.54 Å². The smallest absolute Gasteiger partial charge is 0.309 e. The molecule has 0 bridgehead atoms. The van der Waals surface area contributed by atoms with Crippen LogP contribution < -0.4 is 4.74 Å². The number of ether oxygens (including phenoxy) is 1. The van der Waals surface area contributed by atoms with Crippen LogP contribution in [0.4, 0.5) is 0 Å². The lowest BCUT2D eigenvalue weighted by molar-refractivity contribution is -0.147. The highest BCUT2D eigenvalue weighted by molar-refractivity contribution is 6.32. The van der Waals surface area contributed by atoms with E-state index in [-0.39, 0.29) is 5.92 Å². The Balaban J connectivity index is 1.90. The van der Waals surface area contributed by atoms with Gasteiger partial charge >= 0.3 is 5.97 Å². The Morgan fingerprint density at radius 2 is 2.32 bits per heavy atom. The van der Waals surface area contributed by atoms with E-state index in [1.807, 2.05) is 18.2 Å². The number of carbonyl (C=O) groups is 1. The molecule has 1 N–H and O–H groups in total. The largest absolute Gasteiger partial charge is 0.488 e. The van der Waals surface area contributed by atoms with Gasteiger partial charge < -0.3 is 9.84 Å². The van der Waals surface area contributed by atoms with Crippen molar-refractivity contribution in [2.75, 3.05) is 19.7 Å². The third kappa shape index (κ3) is 3.49. The highest BCUT2D eigenvalue weighted by Crippen LogP contribution is 2.27. The summed E-state index contributed by atoms with van der Waals surface area (Å²) < 4.78 is 5.39. The molecule has 1 aliphatic heterocycles. The van der Waals surface area contributed by atoms with Gasteiger partial charge in [0, 0.05) is 19.6 Å². The molecule has 0 unspecified atom stereocenters. The fraction of sp³-hybridized carbons (Fsp3) is 0.357. The second-order valence-electron chi connectivity index (χ2n) is 4.59. The first-order valence-corrected chi connectivity index (χ1v) is 6.45. The molecule has 1 heterocycles. The van der Waals surface area contributed by atoms with Crippen LogP contribution in [0.1, 0.15) is 5.56 Å². The number of hydrogen-bond acceptors (Lipinski definition) is 3. The molecular formula is C14H16ClNO3.